The van der Waals surface area contributed by atoms with Crippen molar-refractivity contribution in [1.29, 1.82) is 0 Å². The highest BCUT2D eigenvalue weighted by atomic mass is 79.9. The van der Waals surface area contributed by atoms with Crippen LogP contribution in [0.5, 0.6) is 11.5 Å². The second-order valence-electron chi connectivity index (χ2n) is 9.35. The van der Waals surface area contributed by atoms with Crippen molar-refractivity contribution in [2.24, 2.45) is 0 Å². The molecule has 4 rings (SSSR count). The first-order valence-electron chi connectivity index (χ1n) is 13.3. The van der Waals surface area contributed by atoms with Gasteiger partial charge < -0.3 is 19.5 Å². The van der Waals surface area contributed by atoms with Gasteiger partial charge in [0.25, 0.3) is 11.1 Å². The van der Waals surface area contributed by atoms with Crippen LogP contribution in [0.25, 0.3) is 6.08 Å². The first-order valence-corrected chi connectivity index (χ1v) is 15.3. The number of rotatable bonds is 12. The number of carbonyl (C=O) groups excluding carboxylic acids is 4. The highest BCUT2D eigenvalue weighted by molar-refractivity contribution is 9.10. The molecule has 1 heterocycles. The molecule has 0 saturated carbocycles. The Balaban J connectivity index is 1.49. The van der Waals surface area contributed by atoms with Gasteiger partial charge in [-0.3, -0.25) is 19.3 Å². The summed E-state index contributed by atoms with van der Waals surface area (Å²) < 4.78 is 17.7. The number of nitrogens with one attached hydrogen (secondary N) is 1. The van der Waals surface area contributed by atoms with Crippen molar-refractivity contribution >= 4 is 74.1 Å². The van der Waals surface area contributed by atoms with Crippen LogP contribution in [0.4, 0.5) is 10.5 Å². The number of anilines is 1. The van der Waals surface area contributed by atoms with Gasteiger partial charge in [0.2, 0.25) is 5.91 Å². The van der Waals surface area contributed by atoms with E-state index in [1.807, 2.05) is 30.3 Å². The molecular formula is C32H28BrClN2O7S. The second kappa shape index (κ2) is 15.1. The Morgan fingerprint density at radius 2 is 1.86 bits per heavy atom. The monoisotopic (exact) mass is 698 g/mol. The van der Waals surface area contributed by atoms with Crippen LogP contribution < -0.4 is 14.8 Å². The highest BCUT2D eigenvalue weighted by Crippen LogP contribution is 2.37. The summed E-state index contributed by atoms with van der Waals surface area (Å²) in [7, 11) is 1.52. The fourth-order valence-corrected chi connectivity index (χ4v) is 5.52. The lowest BCUT2D eigenvalue weighted by Gasteiger charge is -2.16. The fourth-order valence-electron chi connectivity index (χ4n) is 4.23. The van der Waals surface area contributed by atoms with E-state index in [-0.39, 0.29) is 27.8 Å². The third-order valence-corrected chi connectivity index (χ3v) is 8.02. The highest BCUT2D eigenvalue weighted by Gasteiger charge is 2.36. The van der Waals surface area contributed by atoms with E-state index in [0.29, 0.717) is 30.1 Å². The number of carbonyl (C=O) groups is 4. The maximum Gasteiger partial charge on any atom is 0.339 e. The Bertz CT molecular complexity index is 1640. The molecule has 0 bridgehead atoms. The average Bonchev–Trinajstić information content (AvgIpc) is 3.25. The zero-order valence-corrected chi connectivity index (χ0v) is 27.0. The number of benzene rings is 3. The standard InChI is InChI=1S/C32H28BrClN2O7S/c1-4-6-21-13-20(14-26(41-3)29(21)43-18-19-7-9-22(33)10-8-19)15-27-30(38)36(32(40)44-27)17-28(37)35-23-11-12-25(34)24(16-23)31(39)42-5-2/h4,7-16H,1,5-6,17-18H2,2-3H3,(H,35,37)/b27-15-. The zero-order valence-electron chi connectivity index (χ0n) is 23.9. The molecule has 1 N–H and O–H groups in total. The summed E-state index contributed by atoms with van der Waals surface area (Å²) in [5, 5.41) is 2.16. The smallest absolute Gasteiger partial charge is 0.339 e. The van der Waals surface area contributed by atoms with E-state index in [9.17, 15) is 19.2 Å². The normalized spacial score (nSPS) is 13.6. The Morgan fingerprint density at radius 1 is 1.11 bits per heavy atom. The van der Waals surface area contributed by atoms with Crippen molar-refractivity contribution in [3.8, 4) is 11.5 Å². The van der Waals surface area contributed by atoms with E-state index in [2.05, 4.69) is 27.8 Å². The minimum absolute atomic E-state index is 0.0800. The van der Waals surface area contributed by atoms with Crippen molar-refractivity contribution in [2.75, 3.05) is 25.6 Å². The number of halogens is 2. The molecule has 3 aromatic carbocycles. The summed E-state index contributed by atoms with van der Waals surface area (Å²) in [6, 6.07) is 15.6. The number of thioether (sulfide) groups is 1. The molecule has 3 aromatic rings. The van der Waals surface area contributed by atoms with E-state index in [4.69, 9.17) is 25.8 Å². The van der Waals surface area contributed by atoms with E-state index in [1.165, 1.54) is 25.3 Å². The molecule has 1 fully saturated rings. The summed E-state index contributed by atoms with van der Waals surface area (Å²) in [5.74, 6) is -0.880. The molecule has 3 amide bonds. The van der Waals surface area contributed by atoms with Gasteiger partial charge in [-0.1, -0.05) is 45.7 Å². The lowest BCUT2D eigenvalue weighted by atomic mass is 10.0. The molecule has 0 atom stereocenters. The van der Waals surface area contributed by atoms with Gasteiger partial charge >= 0.3 is 5.97 Å². The lowest BCUT2D eigenvalue weighted by Crippen LogP contribution is -2.36. The molecule has 1 saturated heterocycles. The van der Waals surface area contributed by atoms with Crippen molar-refractivity contribution in [1.82, 2.24) is 4.90 Å². The average molecular weight is 700 g/mol. The van der Waals surface area contributed by atoms with Crippen molar-refractivity contribution < 1.29 is 33.4 Å². The van der Waals surface area contributed by atoms with Gasteiger partial charge in [0.05, 0.1) is 29.2 Å². The minimum atomic E-state index is -0.637. The maximum absolute atomic E-state index is 13.2. The summed E-state index contributed by atoms with van der Waals surface area (Å²) in [5.41, 5.74) is 2.70. The number of methoxy groups -OCH3 is 1. The quantitative estimate of drug-likeness (QED) is 0.119. The molecule has 1 aliphatic heterocycles. The maximum atomic E-state index is 13.2. The Morgan fingerprint density at radius 3 is 2.55 bits per heavy atom. The summed E-state index contributed by atoms with van der Waals surface area (Å²) in [6.07, 6.45) is 3.77. The van der Waals surface area contributed by atoms with Gasteiger partial charge in [-0.15, -0.1) is 6.58 Å². The minimum Gasteiger partial charge on any atom is -0.493 e. The van der Waals surface area contributed by atoms with Crippen LogP contribution in [-0.2, 0) is 27.4 Å². The van der Waals surface area contributed by atoms with Crippen molar-refractivity contribution in [2.45, 2.75) is 20.0 Å². The van der Waals surface area contributed by atoms with Crippen molar-refractivity contribution in [3.63, 3.8) is 0 Å². The molecule has 0 radical (unpaired) electrons. The molecule has 228 valence electrons. The van der Waals surface area contributed by atoms with E-state index < -0.39 is 29.6 Å². The predicted octanol–water partition coefficient (Wildman–Crippen LogP) is 7.27. The number of amides is 3. The first kappa shape index (κ1) is 32.8. The number of hydrogen-bond donors (Lipinski definition) is 1. The predicted molar refractivity (Wildman–Crippen MR) is 174 cm³/mol. The van der Waals surface area contributed by atoms with E-state index in [0.717, 1.165) is 32.3 Å². The van der Waals surface area contributed by atoms with Crippen LogP contribution in [-0.4, -0.2) is 48.2 Å². The molecule has 0 aromatic heterocycles. The van der Waals surface area contributed by atoms with Gasteiger partial charge in [-0.2, -0.15) is 0 Å². The van der Waals surface area contributed by atoms with Gasteiger partial charge in [0, 0.05) is 15.7 Å². The SMILES string of the molecule is C=CCc1cc(/C=C2\SC(=O)N(CC(=O)Nc3ccc(Cl)c(C(=O)OCC)c3)C2=O)cc(OC)c1OCc1ccc(Br)cc1. The van der Waals surface area contributed by atoms with Crippen LogP contribution in [0.2, 0.25) is 5.02 Å². The molecule has 0 spiro atoms. The Hall–Kier alpha value is -4.06. The topological polar surface area (TPSA) is 111 Å². The molecule has 0 unspecified atom stereocenters. The van der Waals surface area contributed by atoms with Crippen molar-refractivity contribution in [3.05, 3.63) is 104 Å². The molecule has 1 aliphatic rings. The van der Waals surface area contributed by atoms with Gasteiger partial charge in [-0.05, 0) is 84.8 Å². The third-order valence-electron chi connectivity index (χ3n) is 6.25. The number of imide groups is 1. The first-order chi connectivity index (χ1) is 21.1. The van der Waals surface area contributed by atoms with E-state index in [1.54, 1.807) is 25.1 Å². The van der Waals surface area contributed by atoms with Crippen LogP contribution in [0.1, 0.15) is 34.0 Å². The van der Waals surface area contributed by atoms with Gasteiger partial charge in [-0.25, -0.2) is 4.79 Å². The van der Waals surface area contributed by atoms with E-state index >= 15 is 0 Å². The van der Waals surface area contributed by atoms with Gasteiger partial charge in [0.15, 0.2) is 11.5 Å². The number of esters is 1. The summed E-state index contributed by atoms with van der Waals surface area (Å²) in [6.45, 7) is 5.45. The van der Waals surface area contributed by atoms with Gasteiger partial charge in [0.1, 0.15) is 13.2 Å². The number of hydrogen-bond acceptors (Lipinski definition) is 8. The molecule has 44 heavy (non-hydrogen) atoms. The zero-order chi connectivity index (χ0) is 31.8. The second-order valence-corrected chi connectivity index (χ2v) is 11.7. The third kappa shape index (κ3) is 8.10. The summed E-state index contributed by atoms with van der Waals surface area (Å²) in [4.78, 5) is 51.8. The largest absolute Gasteiger partial charge is 0.493 e. The molecular weight excluding hydrogens is 672 g/mol. The molecule has 12 heteroatoms. The number of ether oxygens (including phenoxy) is 3. The fraction of sp³-hybridized carbons (Fsp3) is 0.188. The lowest BCUT2D eigenvalue weighted by molar-refractivity contribution is -0.127. The summed E-state index contributed by atoms with van der Waals surface area (Å²) >= 11 is 10.2. The van der Waals surface area contributed by atoms with Crippen LogP contribution >= 0.6 is 39.3 Å². The van der Waals surface area contributed by atoms with Crippen LogP contribution in [0.15, 0.2) is 76.6 Å². The Labute approximate surface area is 272 Å². The molecule has 0 aliphatic carbocycles. The number of allylic oxidation sites excluding steroid dienone is 1. The van der Waals surface area contributed by atoms with Crippen LogP contribution in [0.3, 0.4) is 0 Å². The van der Waals surface area contributed by atoms with Crippen LogP contribution in [0, 0.1) is 0 Å². The number of nitrogens with zero attached hydrogens (tertiary/aromatic N) is 1. The molecule has 9 nitrogen and oxygen atoms in total. The Kier molecular flexibility index (Phi) is 11.3.